The highest BCUT2D eigenvalue weighted by Gasteiger charge is 2.41. The fourth-order valence-electron chi connectivity index (χ4n) is 1.32. The van der Waals surface area contributed by atoms with Gasteiger partial charge in [-0.1, -0.05) is 13.3 Å². The monoisotopic (exact) mass is 256 g/mol. The zero-order valence-corrected chi connectivity index (χ0v) is 10.00. The largest absolute Gasteiger partial charge is 0.479 e. The van der Waals surface area contributed by atoms with Gasteiger partial charge in [0.25, 0.3) is 0 Å². The van der Waals surface area contributed by atoms with Crippen molar-refractivity contribution >= 4 is 11.9 Å². The van der Waals surface area contributed by atoms with E-state index in [4.69, 9.17) is 9.84 Å². The summed E-state index contributed by atoms with van der Waals surface area (Å²) in [7, 11) is 0. The van der Waals surface area contributed by atoms with Crippen LogP contribution in [0.4, 0.5) is 0 Å². The van der Waals surface area contributed by atoms with Gasteiger partial charge in [-0.25, -0.2) is 9.59 Å². The molecule has 1 rings (SSSR count). The number of hydrogen-bond acceptors (Lipinski definition) is 5. The van der Waals surface area contributed by atoms with Gasteiger partial charge in [0.15, 0.2) is 11.2 Å². The Labute approximate surface area is 104 Å². The number of carbonyl (C=O) groups excluding carboxylic acids is 1. The lowest BCUT2D eigenvalue weighted by molar-refractivity contribution is -0.158. The third-order valence-corrected chi connectivity index (χ3v) is 2.58. The normalized spacial score (nSPS) is 30.2. The minimum atomic E-state index is -2.20. The highest BCUT2D eigenvalue weighted by molar-refractivity contribution is 5.89. The van der Waals surface area contributed by atoms with Crippen molar-refractivity contribution < 1.29 is 29.6 Å². The molecule has 0 amide bonds. The first kappa shape index (κ1) is 14.4. The van der Waals surface area contributed by atoms with E-state index in [1.807, 2.05) is 6.92 Å². The first-order valence-electron chi connectivity index (χ1n) is 5.60. The number of unbranched alkanes of at least 4 members (excludes halogenated alkanes) is 1. The molecule has 0 heterocycles. The summed E-state index contributed by atoms with van der Waals surface area (Å²) in [5, 5.41) is 28.2. The summed E-state index contributed by atoms with van der Waals surface area (Å²) in [5.74, 6) is -2.38. The molecule has 0 aliphatic heterocycles. The number of rotatable bonds is 5. The average Bonchev–Trinajstić information content (AvgIpc) is 2.33. The Morgan fingerprint density at radius 1 is 1.11 bits per heavy atom. The highest BCUT2D eigenvalue weighted by atomic mass is 16.5. The Morgan fingerprint density at radius 3 is 2.06 bits per heavy atom. The quantitative estimate of drug-likeness (QED) is 0.363. The van der Waals surface area contributed by atoms with Crippen molar-refractivity contribution in [2.75, 3.05) is 6.61 Å². The fourth-order valence-corrected chi connectivity index (χ4v) is 1.32. The molecule has 0 aromatic rings. The van der Waals surface area contributed by atoms with Gasteiger partial charge in [-0.3, -0.25) is 0 Å². The van der Waals surface area contributed by atoms with Crippen LogP contribution in [-0.4, -0.2) is 45.1 Å². The Morgan fingerprint density at radius 2 is 1.61 bits per heavy atom. The van der Waals surface area contributed by atoms with Crippen molar-refractivity contribution in [2.45, 2.75) is 31.0 Å². The second-order valence-corrected chi connectivity index (χ2v) is 4.11. The summed E-state index contributed by atoms with van der Waals surface area (Å²) in [4.78, 5) is 22.3. The van der Waals surface area contributed by atoms with Gasteiger partial charge in [-0.05, 0) is 30.7 Å². The molecule has 0 unspecified atom stereocenters. The van der Waals surface area contributed by atoms with Gasteiger partial charge in [0, 0.05) is 0 Å². The predicted molar refractivity (Wildman–Crippen MR) is 61.7 cm³/mol. The molecule has 0 saturated carbocycles. The third kappa shape index (κ3) is 2.96. The Hall–Kier alpha value is -1.66. The van der Waals surface area contributed by atoms with Crippen LogP contribution in [0.15, 0.2) is 24.3 Å². The van der Waals surface area contributed by atoms with E-state index in [0.717, 1.165) is 30.7 Å². The van der Waals surface area contributed by atoms with Crippen LogP contribution in [0.1, 0.15) is 19.8 Å². The highest BCUT2D eigenvalue weighted by Crippen LogP contribution is 2.23. The molecule has 6 nitrogen and oxygen atoms in total. The average molecular weight is 256 g/mol. The number of aliphatic hydroxyl groups is 2. The molecule has 100 valence electrons. The van der Waals surface area contributed by atoms with E-state index in [-0.39, 0.29) is 6.61 Å². The van der Waals surface area contributed by atoms with Crippen LogP contribution < -0.4 is 0 Å². The van der Waals surface area contributed by atoms with Gasteiger partial charge in [0.1, 0.15) is 0 Å². The molecule has 1 aliphatic carbocycles. The van der Waals surface area contributed by atoms with Crippen molar-refractivity contribution in [2.24, 2.45) is 0 Å². The lowest BCUT2D eigenvalue weighted by Gasteiger charge is -2.26. The van der Waals surface area contributed by atoms with E-state index in [0.29, 0.717) is 6.42 Å². The van der Waals surface area contributed by atoms with Crippen LogP contribution in [-0.2, 0) is 14.3 Å². The molecule has 6 heteroatoms. The molecular weight excluding hydrogens is 240 g/mol. The minimum Gasteiger partial charge on any atom is -0.479 e. The van der Waals surface area contributed by atoms with E-state index < -0.39 is 23.1 Å². The molecule has 0 atom stereocenters. The van der Waals surface area contributed by atoms with Crippen molar-refractivity contribution in [3.63, 3.8) is 0 Å². The first-order chi connectivity index (χ1) is 8.34. The maximum Gasteiger partial charge on any atom is 0.346 e. The van der Waals surface area contributed by atoms with Gasteiger partial charge >= 0.3 is 11.9 Å². The summed E-state index contributed by atoms with van der Waals surface area (Å²) < 4.78 is 4.83. The van der Waals surface area contributed by atoms with Crippen LogP contribution in [0.5, 0.6) is 0 Å². The number of carboxylic acid groups (broad SMARTS) is 1. The Bertz CT molecular complexity index is 381. The lowest BCUT2D eigenvalue weighted by Crippen LogP contribution is -2.43. The van der Waals surface area contributed by atoms with Crippen molar-refractivity contribution in [3.05, 3.63) is 24.3 Å². The standard InChI is InChI=1S/C12H16O6/c1-2-3-8-18-10(15)12(17)6-4-11(16,5-7-12)9(13)14/h4-7,16-17H,2-3,8H2,1H3,(H,13,14). The maximum absolute atomic E-state index is 11.6. The van der Waals surface area contributed by atoms with Gasteiger partial charge in [0.2, 0.25) is 0 Å². The summed E-state index contributed by atoms with van der Waals surface area (Å²) in [6.07, 6.45) is 5.03. The fraction of sp³-hybridized carbons (Fsp3) is 0.500. The van der Waals surface area contributed by atoms with Gasteiger partial charge in [0.05, 0.1) is 6.61 Å². The summed E-state index contributed by atoms with van der Waals surface area (Å²) in [6.45, 7) is 2.11. The molecule has 0 saturated heterocycles. The van der Waals surface area contributed by atoms with Gasteiger partial charge in [-0.15, -0.1) is 0 Å². The van der Waals surface area contributed by atoms with E-state index in [9.17, 15) is 19.8 Å². The second kappa shape index (κ2) is 5.32. The Kier molecular flexibility index (Phi) is 4.26. The topological polar surface area (TPSA) is 104 Å². The van der Waals surface area contributed by atoms with E-state index in [1.165, 1.54) is 0 Å². The molecule has 18 heavy (non-hydrogen) atoms. The minimum absolute atomic E-state index is 0.183. The third-order valence-electron chi connectivity index (χ3n) is 2.58. The van der Waals surface area contributed by atoms with E-state index in [1.54, 1.807) is 0 Å². The Balaban J connectivity index is 2.72. The van der Waals surface area contributed by atoms with Gasteiger partial charge < -0.3 is 20.1 Å². The van der Waals surface area contributed by atoms with Crippen molar-refractivity contribution in [3.8, 4) is 0 Å². The van der Waals surface area contributed by atoms with Crippen LogP contribution in [0.2, 0.25) is 0 Å². The second-order valence-electron chi connectivity index (χ2n) is 4.11. The van der Waals surface area contributed by atoms with Crippen LogP contribution in [0, 0.1) is 0 Å². The number of carboxylic acids is 1. The SMILES string of the molecule is CCCCOC(=O)C1(O)C=CC(O)(C(=O)O)C=C1. The zero-order valence-electron chi connectivity index (χ0n) is 10.00. The van der Waals surface area contributed by atoms with E-state index >= 15 is 0 Å². The van der Waals surface area contributed by atoms with Crippen molar-refractivity contribution in [1.29, 1.82) is 0 Å². The predicted octanol–water partition coefficient (Wildman–Crippen LogP) is 0.00250. The van der Waals surface area contributed by atoms with Crippen LogP contribution >= 0.6 is 0 Å². The molecule has 3 N–H and O–H groups in total. The first-order valence-corrected chi connectivity index (χ1v) is 5.60. The maximum atomic E-state index is 11.6. The number of aliphatic carboxylic acids is 1. The molecule has 0 spiro atoms. The molecule has 1 aliphatic rings. The summed E-state index contributed by atoms with van der Waals surface area (Å²) in [6, 6.07) is 0. The summed E-state index contributed by atoms with van der Waals surface area (Å²) >= 11 is 0. The number of esters is 1. The molecule has 0 fully saturated rings. The number of hydrogen-bond donors (Lipinski definition) is 3. The molecule has 0 radical (unpaired) electrons. The zero-order chi connectivity index (χ0) is 13.8. The molecular formula is C12H16O6. The van der Waals surface area contributed by atoms with Gasteiger partial charge in [-0.2, -0.15) is 0 Å². The number of ether oxygens (including phenoxy) is 1. The van der Waals surface area contributed by atoms with Crippen LogP contribution in [0.25, 0.3) is 0 Å². The van der Waals surface area contributed by atoms with Crippen LogP contribution in [0.3, 0.4) is 0 Å². The number of carbonyl (C=O) groups is 2. The molecule has 0 aromatic carbocycles. The van der Waals surface area contributed by atoms with E-state index in [2.05, 4.69) is 0 Å². The molecule has 0 aromatic heterocycles. The smallest absolute Gasteiger partial charge is 0.346 e. The molecule has 0 bridgehead atoms. The summed E-state index contributed by atoms with van der Waals surface area (Å²) in [5.41, 5.74) is -4.22. The van der Waals surface area contributed by atoms with Crippen molar-refractivity contribution in [1.82, 2.24) is 0 Å². The lowest BCUT2D eigenvalue weighted by atomic mass is 9.89.